The molecule has 2 saturated heterocycles. The van der Waals surface area contributed by atoms with Gasteiger partial charge in [0, 0.05) is 43.1 Å². The predicted octanol–water partition coefficient (Wildman–Crippen LogP) is 3.27. The lowest BCUT2D eigenvalue weighted by Crippen LogP contribution is -2.52. The number of benzene rings is 2. The lowest BCUT2D eigenvalue weighted by molar-refractivity contribution is -0.169. The van der Waals surface area contributed by atoms with Crippen molar-refractivity contribution in [1.82, 2.24) is 14.9 Å². The van der Waals surface area contributed by atoms with Gasteiger partial charge in [0.1, 0.15) is 6.10 Å². The molecule has 13 nitrogen and oxygen atoms in total. The van der Waals surface area contributed by atoms with Crippen LogP contribution in [-0.2, 0) is 35.4 Å². The number of nitrogens with zero attached hydrogens (tertiary/aromatic N) is 1. The zero-order chi connectivity index (χ0) is 34.6. The van der Waals surface area contributed by atoms with Gasteiger partial charge in [-0.15, -0.1) is 0 Å². The Kier molecular flexibility index (Phi) is 11.0. The van der Waals surface area contributed by atoms with E-state index in [2.05, 4.69) is 15.4 Å². The summed E-state index contributed by atoms with van der Waals surface area (Å²) in [5.41, 5.74) is 6.92. The van der Waals surface area contributed by atoms with Gasteiger partial charge in [-0.3, -0.25) is 0 Å². The molecule has 2 bridgehead atoms. The number of methoxy groups -OCH3 is 1. The van der Waals surface area contributed by atoms with E-state index in [-0.39, 0.29) is 60.0 Å². The molecule has 2 aliphatic heterocycles. The number of fused-ring (bicyclic) bond motifs is 1. The molecular formula is C35H48N4O9S. The summed E-state index contributed by atoms with van der Waals surface area (Å²) in [7, 11) is -2.74. The van der Waals surface area contributed by atoms with Gasteiger partial charge in [0.15, 0.2) is 6.29 Å². The molecule has 0 aromatic heterocycles. The zero-order valence-corrected chi connectivity index (χ0v) is 28.7. The maximum Gasteiger partial charge on any atom is 0.407 e. The van der Waals surface area contributed by atoms with Gasteiger partial charge in [-0.2, -0.15) is 4.31 Å². The Balaban J connectivity index is 1.17. The van der Waals surface area contributed by atoms with Crippen molar-refractivity contribution in [3.8, 4) is 0 Å². The number of carbonyl (C=O) groups excluding carboxylic acids is 2. The molecule has 0 radical (unpaired) electrons. The number of anilines is 1. The highest BCUT2D eigenvalue weighted by atomic mass is 32.2. The summed E-state index contributed by atoms with van der Waals surface area (Å²) in [5, 5.41) is 17.4. The molecule has 5 N–H and O–H groups in total. The summed E-state index contributed by atoms with van der Waals surface area (Å²) in [6.45, 7) is 1.37. The van der Waals surface area contributed by atoms with Crippen molar-refractivity contribution in [3.05, 3.63) is 60.2 Å². The highest BCUT2D eigenvalue weighted by Gasteiger charge is 2.56. The fraction of sp³-hybridized carbons (Fsp3) is 0.600. The first-order valence-corrected chi connectivity index (χ1v) is 18.6. The average molecular weight is 701 g/mol. The van der Waals surface area contributed by atoms with Crippen LogP contribution in [0.4, 0.5) is 15.3 Å². The highest BCUT2D eigenvalue weighted by molar-refractivity contribution is 7.89. The third-order valence-electron chi connectivity index (χ3n) is 10.6. The second-order valence-electron chi connectivity index (χ2n) is 14.0. The van der Waals surface area contributed by atoms with Gasteiger partial charge < -0.3 is 40.4 Å². The number of nitrogens with two attached hydrogens (primary N) is 1. The summed E-state index contributed by atoms with van der Waals surface area (Å²) in [4.78, 5) is 25.0. The number of nitrogens with one attached hydrogen (secondary N) is 2. The fourth-order valence-corrected chi connectivity index (χ4v) is 9.18. The van der Waals surface area contributed by atoms with Crippen LogP contribution in [0.1, 0.15) is 44.1 Å². The number of hydrogen-bond acceptors (Lipinski definition) is 10. The van der Waals surface area contributed by atoms with Crippen molar-refractivity contribution in [3.63, 3.8) is 0 Å². The van der Waals surface area contributed by atoms with Gasteiger partial charge in [-0.05, 0) is 73.8 Å². The highest BCUT2D eigenvalue weighted by Crippen LogP contribution is 2.51. The third-order valence-corrected chi connectivity index (χ3v) is 12.4. The third kappa shape index (κ3) is 8.48. The van der Waals surface area contributed by atoms with E-state index in [0.29, 0.717) is 25.4 Å². The van der Waals surface area contributed by atoms with Crippen LogP contribution in [-0.4, -0.2) is 94.5 Å². The number of carbonyl (C=O) groups is 2. The molecule has 6 rings (SSSR count). The maximum atomic E-state index is 14.2. The van der Waals surface area contributed by atoms with Gasteiger partial charge in [0.2, 0.25) is 10.0 Å². The minimum Gasteiger partial charge on any atom is -0.453 e. The summed E-state index contributed by atoms with van der Waals surface area (Å²) in [5.74, 6) is 0.352. The zero-order valence-electron chi connectivity index (χ0n) is 27.9. The molecule has 7 atom stereocenters. The number of aliphatic hydroxyl groups is 1. The first-order chi connectivity index (χ1) is 23.6. The van der Waals surface area contributed by atoms with Crippen molar-refractivity contribution in [1.29, 1.82) is 0 Å². The summed E-state index contributed by atoms with van der Waals surface area (Å²) in [6.07, 6.45) is 2.09. The number of aliphatic hydroxyl groups excluding tert-OH is 1. The topological polar surface area (TPSA) is 179 Å². The van der Waals surface area contributed by atoms with E-state index in [1.807, 2.05) is 30.3 Å². The van der Waals surface area contributed by atoms with E-state index in [9.17, 15) is 23.1 Å². The first-order valence-electron chi connectivity index (χ1n) is 17.2. The van der Waals surface area contributed by atoms with Crippen LogP contribution in [0.25, 0.3) is 0 Å². The van der Waals surface area contributed by atoms with Gasteiger partial charge in [0.25, 0.3) is 0 Å². The molecule has 2 aliphatic carbocycles. The van der Waals surface area contributed by atoms with Crippen molar-refractivity contribution in [2.75, 3.05) is 45.7 Å². The van der Waals surface area contributed by atoms with Crippen LogP contribution < -0.4 is 16.4 Å². The van der Waals surface area contributed by atoms with E-state index >= 15 is 0 Å². The maximum absolute atomic E-state index is 14.2. The minimum absolute atomic E-state index is 0.0623. The molecule has 14 heteroatoms. The molecule has 2 amide bonds. The standard InChI is InChI=1S/C35H48N4O9S/c1-45-33(41)37-16-6-5-13-35(14-15-35)22-39(49(43,44)26-11-9-25(36)10-12-26)19-30(40)29(17-23-7-3-2-4-8-23)38-34(42)48-31-24-18-27-28(31)21-47-32(27)46-20-24/h2-4,7-12,24,27-32,40H,5-6,13-22,36H2,1H3,(H,37,41)(H,38,42)/t24-,27?,28?,29+,30-,31?,32?/m1/s1. The smallest absolute Gasteiger partial charge is 0.407 e. The first kappa shape index (κ1) is 35.4. The number of rotatable bonds is 16. The Morgan fingerprint density at radius 1 is 1.04 bits per heavy atom. The van der Waals surface area contributed by atoms with E-state index < -0.39 is 34.4 Å². The van der Waals surface area contributed by atoms with Crippen molar-refractivity contribution in [2.24, 2.45) is 23.2 Å². The van der Waals surface area contributed by atoms with Crippen molar-refractivity contribution >= 4 is 27.9 Å². The molecule has 0 spiro atoms. The van der Waals surface area contributed by atoms with E-state index in [1.165, 1.54) is 23.5 Å². The van der Waals surface area contributed by atoms with E-state index in [4.69, 9.17) is 19.9 Å². The van der Waals surface area contributed by atoms with E-state index in [0.717, 1.165) is 44.1 Å². The van der Waals surface area contributed by atoms with Crippen LogP contribution in [0.3, 0.4) is 0 Å². The Bertz CT molecular complexity index is 1540. The number of hydrogen-bond donors (Lipinski definition) is 4. The van der Waals surface area contributed by atoms with Crippen molar-refractivity contribution in [2.45, 2.75) is 74.4 Å². The molecule has 2 heterocycles. The van der Waals surface area contributed by atoms with Crippen molar-refractivity contribution < 1.29 is 42.1 Å². The number of unbranched alkanes of at least 4 members (excludes halogenated alkanes) is 1. The lowest BCUT2D eigenvalue weighted by Gasteiger charge is -2.33. The summed E-state index contributed by atoms with van der Waals surface area (Å²) >= 11 is 0. The normalized spacial score (nSPS) is 26.1. The minimum atomic E-state index is -4.05. The van der Waals surface area contributed by atoms with Crippen LogP contribution in [0, 0.1) is 23.2 Å². The molecule has 2 saturated carbocycles. The average Bonchev–Trinajstić information content (AvgIpc) is 3.63. The SMILES string of the molecule is COC(=O)NCCCCC1(CN(C[C@@H](O)[C@H](Cc2ccccc2)NC(=O)OC2C3COC4OC[C@H]2CC43)S(=O)(=O)c2ccc(N)cc2)CC1. The van der Waals surface area contributed by atoms with Gasteiger partial charge in [0.05, 0.1) is 37.4 Å². The summed E-state index contributed by atoms with van der Waals surface area (Å²) < 4.78 is 51.9. The second kappa shape index (κ2) is 15.2. The van der Waals surface area contributed by atoms with Gasteiger partial charge in [-0.1, -0.05) is 36.8 Å². The molecule has 2 aromatic rings. The molecule has 49 heavy (non-hydrogen) atoms. The Labute approximate surface area is 287 Å². The number of ether oxygens (including phenoxy) is 4. The Morgan fingerprint density at radius 3 is 2.49 bits per heavy atom. The molecule has 4 aliphatic rings. The van der Waals surface area contributed by atoms with Crippen LogP contribution in [0.5, 0.6) is 0 Å². The fourth-order valence-electron chi connectivity index (χ4n) is 7.61. The van der Waals surface area contributed by atoms with Gasteiger partial charge in [-0.25, -0.2) is 18.0 Å². The second-order valence-corrected chi connectivity index (χ2v) is 15.9. The molecular weight excluding hydrogens is 652 g/mol. The quantitative estimate of drug-likeness (QED) is 0.150. The van der Waals surface area contributed by atoms with Crippen LogP contribution in [0.15, 0.2) is 59.5 Å². The number of alkyl carbamates (subject to hydrolysis) is 2. The van der Waals surface area contributed by atoms with E-state index in [1.54, 1.807) is 12.1 Å². The largest absolute Gasteiger partial charge is 0.453 e. The molecule has 4 unspecified atom stereocenters. The number of amides is 2. The van der Waals surface area contributed by atoms with Crippen LogP contribution >= 0.6 is 0 Å². The lowest BCUT2D eigenvalue weighted by atomic mass is 9.98. The molecule has 2 aromatic carbocycles. The molecule has 4 fully saturated rings. The molecule has 268 valence electrons. The summed E-state index contributed by atoms with van der Waals surface area (Å²) in [6, 6.07) is 14.6. The Morgan fingerprint density at radius 2 is 1.78 bits per heavy atom. The predicted molar refractivity (Wildman–Crippen MR) is 180 cm³/mol. The Hall–Kier alpha value is -3.43. The van der Waals surface area contributed by atoms with Gasteiger partial charge >= 0.3 is 12.2 Å². The number of nitrogen functional groups attached to an aromatic ring is 1. The van der Waals surface area contributed by atoms with Crippen LogP contribution in [0.2, 0.25) is 0 Å². The monoisotopic (exact) mass is 700 g/mol. The number of sulfonamides is 1.